The van der Waals surface area contributed by atoms with Crippen LogP contribution in [0.3, 0.4) is 0 Å². The second kappa shape index (κ2) is 7.58. The molecule has 3 heteroatoms. The Morgan fingerprint density at radius 1 is 1.09 bits per heavy atom. The number of allylic oxidation sites excluding steroid dienone is 2. The maximum absolute atomic E-state index is 12.8. The molecule has 1 aromatic carbocycles. The number of aryl methyl sites for hydroxylation is 1. The van der Waals surface area contributed by atoms with E-state index >= 15 is 0 Å². The Morgan fingerprint density at radius 2 is 1.74 bits per heavy atom. The lowest BCUT2D eigenvalue weighted by molar-refractivity contribution is -0.122. The largest absolute Gasteiger partial charge is 0.274 e. The number of anilines is 1. The minimum Gasteiger partial charge on any atom is -0.274 e. The van der Waals surface area contributed by atoms with Gasteiger partial charge in [0.1, 0.15) is 0 Å². The fraction of sp³-hybridized carbons (Fsp3) is 0.500. The maximum atomic E-state index is 12.8. The van der Waals surface area contributed by atoms with Crippen LogP contribution in [-0.2, 0) is 9.59 Å². The van der Waals surface area contributed by atoms with E-state index in [9.17, 15) is 9.59 Å². The highest BCUT2D eigenvalue weighted by Crippen LogP contribution is 2.42. The molecule has 3 atom stereocenters. The zero-order valence-corrected chi connectivity index (χ0v) is 14.6. The summed E-state index contributed by atoms with van der Waals surface area (Å²) in [5.41, 5.74) is 1.83. The van der Waals surface area contributed by atoms with E-state index in [0.29, 0.717) is 12.1 Å². The molecular weight excluding hydrogens is 286 g/mol. The number of imide groups is 1. The molecule has 0 bridgehead atoms. The Kier molecular flexibility index (Phi) is 5.75. The van der Waals surface area contributed by atoms with Gasteiger partial charge in [-0.2, -0.15) is 0 Å². The van der Waals surface area contributed by atoms with Crippen molar-refractivity contribution in [2.75, 3.05) is 4.90 Å². The number of nitrogens with zero attached hydrogens (tertiary/aromatic N) is 1. The number of rotatable bonds is 3. The van der Waals surface area contributed by atoms with E-state index in [1.165, 1.54) is 4.90 Å². The molecule has 1 fully saturated rings. The summed E-state index contributed by atoms with van der Waals surface area (Å²) in [6, 6.07) is 7.62. The Morgan fingerprint density at radius 3 is 2.35 bits per heavy atom. The van der Waals surface area contributed by atoms with Crippen LogP contribution in [0.4, 0.5) is 5.69 Å². The first kappa shape index (κ1) is 17.5. The van der Waals surface area contributed by atoms with Crippen LogP contribution in [0.1, 0.15) is 45.6 Å². The fourth-order valence-corrected chi connectivity index (χ4v) is 3.56. The second-order valence-electron chi connectivity index (χ2n) is 6.10. The van der Waals surface area contributed by atoms with Crippen molar-refractivity contribution < 1.29 is 9.59 Å². The standard InChI is InChI=1S/C18H21NO2.C2H6/c1-3-5-13-6-4-7-15-16(13)18(21)19(17(15)20)14-10-8-12(2)9-11-14;1-2/h4,6,8-11,13,15-16H,3,5,7H2,1-2H3;1-2H3. The molecule has 0 aromatic heterocycles. The van der Waals surface area contributed by atoms with E-state index in [0.717, 1.165) is 18.4 Å². The minimum atomic E-state index is -0.166. The van der Waals surface area contributed by atoms with Gasteiger partial charge in [-0.3, -0.25) is 14.5 Å². The topological polar surface area (TPSA) is 37.4 Å². The van der Waals surface area contributed by atoms with E-state index in [1.54, 1.807) is 0 Å². The van der Waals surface area contributed by atoms with Gasteiger partial charge in [-0.05, 0) is 37.8 Å². The van der Waals surface area contributed by atoms with Gasteiger partial charge in [-0.25, -0.2) is 0 Å². The molecular formula is C20H27NO2. The van der Waals surface area contributed by atoms with Gasteiger partial charge >= 0.3 is 0 Å². The van der Waals surface area contributed by atoms with Crippen molar-refractivity contribution in [1.82, 2.24) is 0 Å². The Bertz CT molecular complexity index is 588. The molecule has 124 valence electrons. The van der Waals surface area contributed by atoms with Gasteiger partial charge < -0.3 is 0 Å². The van der Waals surface area contributed by atoms with Crippen LogP contribution >= 0.6 is 0 Å². The lowest BCUT2D eigenvalue weighted by Gasteiger charge is -2.25. The molecule has 3 nitrogen and oxygen atoms in total. The zero-order chi connectivity index (χ0) is 17.0. The average molecular weight is 313 g/mol. The zero-order valence-electron chi connectivity index (χ0n) is 14.6. The lowest BCUT2D eigenvalue weighted by atomic mass is 9.75. The molecule has 0 radical (unpaired) electrons. The molecule has 1 aliphatic heterocycles. The first-order chi connectivity index (χ1) is 11.1. The van der Waals surface area contributed by atoms with E-state index in [1.807, 2.05) is 45.0 Å². The highest BCUT2D eigenvalue weighted by molar-refractivity contribution is 6.22. The summed E-state index contributed by atoms with van der Waals surface area (Å²) in [5, 5.41) is 0. The van der Waals surface area contributed by atoms with Crippen molar-refractivity contribution in [1.29, 1.82) is 0 Å². The summed E-state index contributed by atoms with van der Waals surface area (Å²) in [4.78, 5) is 26.9. The minimum absolute atomic E-state index is 0.0170. The molecule has 3 rings (SSSR count). The Labute approximate surface area is 139 Å². The predicted octanol–water partition coefficient (Wildman–Crippen LogP) is 4.50. The normalized spacial score (nSPS) is 25.9. The predicted molar refractivity (Wildman–Crippen MR) is 94.2 cm³/mol. The quantitative estimate of drug-likeness (QED) is 0.608. The number of fused-ring (bicyclic) bond motifs is 1. The molecule has 0 N–H and O–H groups in total. The first-order valence-electron chi connectivity index (χ1n) is 8.74. The molecule has 1 aliphatic carbocycles. The molecule has 23 heavy (non-hydrogen) atoms. The molecule has 2 amide bonds. The number of benzene rings is 1. The summed E-state index contributed by atoms with van der Waals surface area (Å²) >= 11 is 0. The summed E-state index contributed by atoms with van der Waals surface area (Å²) in [7, 11) is 0. The van der Waals surface area contributed by atoms with Crippen molar-refractivity contribution in [3.05, 3.63) is 42.0 Å². The summed E-state index contributed by atoms with van der Waals surface area (Å²) < 4.78 is 0. The van der Waals surface area contributed by atoms with Crippen LogP contribution < -0.4 is 4.90 Å². The smallest absolute Gasteiger partial charge is 0.238 e. The number of hydrogen-bond donors (Lipinski definition) is 0. The third-order valence-electron chi connectivity index (χ3n) is 4.63. The van der Waals surface area contributed by atoms with Crippen LogP contribution in [0.2, 0.25) is 0 Å². The fourth-order valence-electron chi connectivity index (χ4n) is 3.56. The van der Waals surface area contributed by atoms with E-state index in [2.05, 4.69) is 19.1 Å². The molecule has 2 aliphatic rings. The van der Waals surface area contributed by atoms with Crippen LogP contribution in [0, 0.1) is 24.7 Å². The third-order valence-corrected chi connectivity index (χ3v) is 4.63. The van der Waals surface area contributed by atoms with Crippen molar-refractivity contribution in [3.63, 3.8) is 0 Å². The average Bonchev–Trinajstić information content (AvgIpc) is 2.83. The molecule has 0 saturated carbocycles. The van der Waals surface area contributed by atoms with Gasteiger partial charge in [0.2, 0.25) is 11.8 Å². The van der Waals surface area contributed by atoms with E-state index in [4.69, 9.17) is 0 Å². The van der Waals surface area contributed by atoms with Gasteiger partial charge in [0.15, 0.2) is 0 Å². The monoisotopic (exact) mass is 313 g/mol. The van der Waals surface area contributed by atoms with Crippen molar-refractivity contribution in [2.45, 2.75) is 47.0 Å². The van der Waals surface area contributed by atoms with Crippen molar-refractivity contribution >= 4 is 17.5 Å². The summed E-state index contributed by atoms with van der Waals surface area (Å²) in [5.74, 6) is -0.166. The molecule has 1 saturated heterocycles. The van der Waals surface area contributed by atoms with Crippen LogP contribution in [0.25, 0.3) is 0 Å². The number of carbonyl (C=O) groups is 2. The van der Waals surface area contributed by atoms with Gasteiger partial charge in [0, 0.05) is 0 Å². The van der Waals surface area contributed by atoms with Crippen LogP contribution in [0.15, 0.2) is 36.4 Å². The number of amides is 2. The van der Waals surface area contributed by atoms with Crippen LogP contribution in [-0.4, -0.2) is 11.8 Å². The van der Waals surface area contributed by atoms with Gasteiger partial charge in [0.25, 0.3) is 0 Å². The molecule has 1 heterocycles. The lowest BCUT2D eigenvalue weighted by Crippen LogP contribution is -2.32. The highest BCUT2D eigenvalue weighted by Gasteiger charge is 2.51. The maximum Gasteiger partial charge on any atom is 0.238 e. The Hall–Kier alpha value is -1.90. The first-order valence-corrected chi connectivity index (χ1v) is 8.74. The van der Waals surface area contributed by atoms with Gasteiger partial charge in [-0.15, -0.1) is 0 Å². The van der Waals surface area contributed by atoms with Crippen molar-refractivity contribution in [2.24, 2.45) is 17.8 Å². The number of carbonyl (C=O) groups excluding carboxylic acids is 2. The third kappa shape index (κ3) is 3.24. The highest BCUT2D eigenvalue weighted by atomic mass is 16.2. The number of hydrogen-bond acceptors (Lipinski definition) is 2. The molecule has 1 aromatic rings. The summed E-state index contributed by atoms with van der Waals surface area (Å²) in [6.07, 6.45) is 6.90. The van der Waals surface area contributed by atoms with E-state index in [-0.39, 0.29) is 29.6 Å². The summed E-state index contributed by atoms with van der Waals surface area (Å²) in [6.45, 7) is 8.12. The SMILES string of the molecule is CC.CCCC1C=CCC2C(=O)N(c3ccc(C)cc3)C(=O)C12. The van der Waals surface area contributed by atoms with Crippen LogP contribution in [0.5, 0.6) is 0 Å². The second-order valence-corrected chi connectivity index (χ2v) is 6.10. The Balaban J connectivity index is 0.000000924. The van der Waals surface area contributed by atoms with E-state index < -0.39 is 0 Å². The molecule has 3 unspecified atom stereocenters. The van der Waals surface area contributed by atoms with Crippen molar-refractivity contribution in [3.8, 4) is 0 Å². The van der Waals surface area contributed by atoms with Gasteiger partial charge in [0.05, 0.1) is 17.5 Å². The van der Waals surface area contributed by atoms with Gasteiger partial charge in [-0.1, -0.05) is 57.0 Å². The molecule has 0 spiro atoms.